The Morgan fingerprint density at radius 3 is 2.43 bits per heavy atom. The van der Waals surface area contributed by atoms with Crippen LogP contribution in [-0.4, -0.2) is 34.9 Å². The molecule has 0 bridgehead atoms. The van der Waals surface area contributed by atoms with Crippen LogP contribution in [0.4, 0.5) is 0 Å². The van der Waals surface area contributed by atoms with Crippen LogP contribution in [0.15, 0.2) is 35.5 Å². The highest BCUT2D eigenvalue weighted by molar-refractivity contribution is 5.67. The van der Waals surface area contributed by atoms with Crippen molar-refractivity contribution >= 4 is 11.9 Å². The fourth-order valence-electron chi connectivity index (χ4n) is 8.13. The first-order valence-corrected chi connectivity index (χ1v) is 14.5. The molecule has 5 nitrogen and oxygen atoms in total. The van der Waals surface area contributed by atoms with E-state index in [1.807, 2.05) is 13.8 Å². The van der Waals surface area contributed by atoms with Gasteiger partial charge in [-0.2, -0.15) is 0 Å². The Bertz CT molecular complexity index is 962. The van der Waals surface area contributed by atoms with E-state index in [2.05, 4.69) is 25.7 Å². The molecule has 0 saturated heterocycles. The third-order valence-corrected chi connectivity index (χ3v) is 9.92. The van der Waals surface area contributed by atoms with E-state index >= 15 is 0 Å². The largest absolute Gasteiger partial charge is 0.462 e. The van der Waals surface area contributed by atoms with Gasteiger partial charge in [-0.1, -0.05) is 37.6 Å². The minimum atomic E-state index is -0.571. The van der Waals surface area contributed by atoms with Crippen molar-refractivity contribution in [2.75, 3.05) is 0 Å². The highest BCUT2D eigenvalue weighted by atomic mass is 16.6. The first-order valence-electron chi connectivity index (χ1n) is 14.5. The van der Waals surface area contributed by atoms with Crippen molar-refractivity contribution in [2.45, 2.75) is 129 Å². The molecule has 4 rings (SSSR count). The highest BCUT2D eigenvalue weighted by Gasteiger charge is 2.60. The lowest BCUT2D eigenvalue weighted by molar-refractivity contribution is -0.152. The molecule has 1 N–H and O–H groups in total. The van der Waals surface area contributed by atoms with Crippen molar-refractivity contribution in [1.82, 2.24) is 0 Å². The Kier molecular flexibility index (Phi) is 8.14. The van der Waals surface area contributed by atoms with Crippen LogP contribution in [0.1, 0.15) is 112 Å². The zero-order chi connectivity index (χ0) is 27.0. The second-order valence-electron chi connectivity index (χ2n) is 13.3. The number of esters is 2. The van der Waals surface area contributed by atoms with Crippen LogP contribution in [0.5, 0.6) is 0 Å². The van der Waals surface area contributed by atoms with Crippen LogP contribution in [-0.2, 0) is 19.1 Å². The molecule has 5 heteroatoms. The number of rotatable bonds is 8. The summed E-state index contributed by atoms with van der Waals surface area (Å²) in [6.45, 7) is 13.5. The lowest BCUT2D eigenvalue weighted by Crippen LogP contribution is -2.37. The van der Waals surface area contributed by atoms with E-state index in [0.717, 1.165) is 36.3 Å². The fourth-order valence-corrected chi connectivity index (χ4v) is 8.13. The zero-order valence-corrected chi connectivity index (χ0v) is 23.7. The van der Waals surface area contributed by atoms with Crippen LogP contribution in [0.2, 0.25) is 0 Å². The van der Waals surface area contributed by atoms with Gasteiger partial charge in [-0.15, -0.1) is 0 Å². The highest BCUT2D eigenvalue weighted by Crippen LogP contribution is 2.70. The predicted octanol–water partition coefficient (Wildman–Crippen LogP) is 6.99. The van der Waals surface area contributed by atoms with Crippen LogP contribution in [0.25, 0.3) is 0 Å². The molecule has 0 heterocycles. The standard InChI is InChI=1S/C32H48O5/c1-21-25(19-26(36-22(2)33)20-28(21)37-23(3)34)11-10-24-9-7-15-31(6)27(24)12-13-29(31)32(17-18-32)16-8-14-30(4,5)35/h10-11,26-29,35H,1,7-9,12-20H2,2-6H3/b24-10+,25-11-/t26?,27?,28-,29?,31-/m0/s1. The maximum absolute atomic E-state index is 11.7. The van der Waals surface area contributed by atoms with E-state index in [-0.39, 0.29) is 18.0 Å². The minimum Gasteiger partial charge on any atom is -0.462 e. The van der Waals surface area contributed by atoms with Crippen molar-refractivity contribution in [3.05, 3.63) is 35.5 Å². The Labute approximate surface area is 223 Å². The summed E-state index contributed by atoms with van der Waals surface area (Å²) in [7, 11) is 0. The third-order valence-electron chi connectivity index (χ3n) is 9.92. The SMILES string of the molecule is C=C1/C(=C\C=C2/CCC[C@@]3(C)C2CCC3C2(CCCC(C)(C)O)CC2)CC(OC(C)=O)C[C@@H]1OC(C)=O. The van der Waals surface area contributed by atoms with Gasteiger partial charge in [0, 0.05) is 26.7 Å². The maximum Gasteiger partial charge on any atom is 0.303 e. The molecule has 4 saturated carbocycles. The Morgan fingerprint density at radius 1 is 1.11 bits per heavy atom. The van der Waals surface area contributed by atoms with Gasteiger partial charge in [0.1, 0.15) is 12.2 Å². The molecule has 0 aliphatic heterocycles. The van der Waals surface area contributed by atoms with Gasteiger partial charge < -0.3 is 14.6 Å². The summed E-state index contributed by atoms with van der Waals surface area (Å²) < 4.78 is 11.0. The Hall–Kier alpha value is -1.88. The quantitative estimate of drug-likeness (QED) is 0.355. The number of fused-ring (bicyclic) bond motifs is 1. The van der Waals surface area contributed by atoms with Crippen LogP contribution in [0, 0.1) is 22.7 Å². The molecule has 0 aromatic carbocycles. The smallest absolute Gasteiger partial charge is 0.303 e. The number of carbonyl (C=O) groups is 2. The first kappa shape index (κ1) is 28.1. The average molecular weight is 513 g/mol. The molecular weight excluding hydrogens is 464 g/mol. The summed E-state index contributed by atoms with van der Waals surface area (Å²) in [5, 5.41) is 10.2. The number of aliphatic hydroxyl groups is 1. The molecule has 5 atom stereocenters. The third kappa shape index (κ3) is 6.41. The number of allylic oxidation sites excluding steroid dienone is 3. The molecule has 3 unspecified atom stereocenters. The lowest BCUT2D eigenvalue weighted by Gasteiger charge is -2.45. The summed E-state index contributed by atoms with van der Waals surface area (Å²) in [5.41, 5.74) is 3.64. The molecule has 37 heavy (non-hydrogen) atoms. The van der Waals surface area contributed by atoms with E-state index in [1.165, 1.54) is 58.8 Å². The second kappa shape index (κ2) is 10.7. The van der Waals surface area contributed by atoms with Crippen molar-refractivity contribution in [3.63, 3.8) is 0 Å². The summed E-state index contributed by atoms with van der Waals surface area (Å²) in [6.07, 6.45) is 17.0. The molecular formula is C32H48O5. The van der Waals surface area contributed by atoms with E-state index in [1.54, 1.807) is 5.57 Å². The summed E-state index contributed by atoms with van der Waals surface area (Å²) in [4.78, 5) is 23.3. The van der Waals surface area contributed by atoms with Crippen molar-refractivity contribution in [3.8, 4) is 0 Å². The molecule has 0 spiro atoms. The molecule has 0 aromatic heterocycles. The van der Waals surface area contributed by atoms with Gasteiger partial charge in [-0.25, -0.2) is 0 Å². The monoisotopic (exact) mass is 512 g/mol. The van der Waals surface area contributed by atoms with Crippen LogP contribution in [0.3, 0.4) is 0 Å². The van der Waals surface area contributed by atoms with Crippen molar-refractivity contribution in [2.24, 2.45) is 22.7 Å². The van der Waals surface area contributed by atoms with E-state index in [9.17, 15) is 14.7 Å². The van der Waals surface area contributed by atoms with Gasteiger partial charge in [-0.3, -0.25) is 9.59 Å². The Balaban J connectivity index is 1.51. The fraction of sp³-hybridized carbons (Fsp3) is 0.750. The summed E-state index contributed by atoms with van der Waals surface area (Å²) >= 11 is 0. The molecule has 4 fully saturated rings. The van der Waals surface area contributed by atoms with Gasteiger partial charge in [0.05, 0.1) is 5.60 Å². The summed E-state index contributed by atoms with van der Waals surface area (Å²) in [6, 6.07) is 0. The van der Waals surface area contributed by atoms with E-state index < -0.39 is 11.7 Å². The number of hydrogen-bond acceptors (Lipinski definition) is 5. The predicted molar refractivity (Wildman–Crippen MR) is 146 cm³/mol. The molecule has 4 aliphatic carbocycles. The molecule has 0 aromatic rings. The molecule has 0 radical (unpaired) electrons. The van der Waals surface area contributed by atoms with E-state index in [0.29, 0.717) is 29.6 Å². The number of ether oxygens (including phenoxy) is 2. The number of carbonyl (C=O) groups excluding carboxylic acids is 2. The lowest BCUT2D eigenvalue weighted by atomic mass is 9.59. The van der Waals surface area contributed by atoms with Gasteiger partial charge in [-0.05, 0) is 105 Å². The van der Waals surface area contributed by atoms with Gasteiger partial charge in [0.25, 0.3) is 0 Å². The van der Waals surface area contributed by atoms with Gasteiger partial charge in [0.15, 0.2) is 0 Å². The maximum atomic E-state index is 11.7. The van der Waals surface area contributed by atoms with Crippen molar-refractivity contribution in [1.29, 1.82) is 0 Å². The topological polar surface area (TPSA) is 72.8 Å². The van der Waals surface area contributed by atoms with Crippen molar-refractivity contribution < 1.29 is 24.2 Å². The second-order valence-corrected chi connectivity index (χ2v) is 13.3. The van der Waals surface area contributed by atoms with Gasteiger partial charge >= 0.3 is 11.9 Å². The van der Waals surface area contributed by atoms with Crippen LogP contribution >= 0.6 is 0 Å². The number of hydrogen-bond donors (Lipinski definition) is 1. The Morgan fingerprint density at radius 2 is 1.81 bits per heavy atom. The normalized spacial score (nSPS) is 35.4. The zero-order valence-electron chi connectivity index (χ0n) is 23.7. The average Bonchev–Trinajstić information content (AvgIpc) is 3.45. The molecule has 4 aliphatic rings. The van der Waals surface area contributed by atoms with E-state index in [4.69, 9.17) is 9.47 Å². The first-order chi connectivity index (χ1) is 17.3. The minimum absolute atomic E-state index is 0.303. The molecule has 206 valence electrons. The molecule has 0 amide bonds. The van der Waals surface area contributed by atoms with Crippen LogP contribution < -0.4 is 0 Å². The summed E-state index contributed by atoms with van der Waals surface area (Å²) in [5.74, 6) is 0.729. The van der Waals surface area contributed by atoms with Gasteiger partial charge in [0.2, 0.25) is 0 Å².